The number of phenolic OH excluding ortho intramolecular Hbond substituents is 1. The Morgan fingerprint density at radius 2 is 1.65 bits per heavy atom. The van der Waals surface area contributed by atoms with E-state index in [1.165, 1.54) is 0 Å². The monoisotopic (exact) mass is 429 g/mol. The van der Waals surface area contributed by atoms with Crippen LogP contribution >= 0.6 is 11.6 Å². The average Bonchev–Trinajstić information content (AvgIpc) is 2.75. The number of aryl methyl sites for hydroxylation is 2. The van der Waals surface area contributed by atoms with E-state index in [0.29, 0.717) is 21.8 Å². The normalized spacial score (nSPS) is 11.2. The summed E-state index contributed by atoms with van der Waals surface area (Å²) < 4.78 is 0. The lowest BCUT2D eigenvalue weighted by molar-refractivity contribution is 0.102. The molecule has 31 heavy (non-hydrogen) atoms. The van der Waals surface area contributed by atoms with Crippen LogP contribution in [-0.4, -0.2) is 11.0 Å². The van der Waals surface area contributed by atoms with Crippen molar-refractivity contribution in [1.29, 1.82) is 0 Å². The fraction of sp³-hybridized carbons (Fsp3) is 0.0800. The molecule has 0 aliphatic heterocycles. The summed E-state index contributed by atoms with van der Waals surface area (Å²) in [5.74, 6) is -0.642. The Hall–Kier alpha value is -3.70. The molecule has 1 amide bonds. The third-order valence-corrected chi connectivity index (χ3v) is 5.28. The number of halogens is 1. The fourth-order valence-corrected chi connectivity index (χ4v) is 3.56. The molecule has 154 valence electrons. The van der Waals surface area contributed by atoms with Gasteiger partial charge in [-0.05, 0) is 60.7 Å². The van der Waals surface area contributed by atoms with Crippen LogP contribution in [0, 0.1) is 13.8 Å². The molecule has 0 aliphatic carbocycles. The number of benzene rings is 4. The maximum atomic E-state index is 13.0. The number of azo groups is 1. The van der Waals surface area contributed by atoms with E-state index in [4.69, 9.17) is 11.6 Å². The van der Waals surface area contributed by atoms with Gasteiger partial charge in [0.2, 0.25) is 0 Å². The summed E-state index contributed by atoms with van der Waals surface area (Å²) in [5, 5.41) is 24.5. The highest BCUT2D eigenvalue weighted by Gasteiger charge is 2.19. The molecule has 5 nitrogen and oxygen atoms in total. The summed E-state index contributed by atoms with van der Waals surface area (Å²) in [6, 6.07) is 21.8. The van der Waals surface area contributed by atoms with Gasteiger partial charge in [-0.3, -0.25) is 4.79 Å². The van der Waals surface area contributed by atoms with Gasteiger partial charge in [-0.1, -0.05) is 54.1 Å². The fourth-order valence-electron chi connectivity index (χ4n) is 3.33. The Balaban J connectivity index is 1.79. The van der Waals surface area contributed by atoms with Crippen molar-refractivity contribution in [2.24, 2.45) is 10.2 Å². The van der Waals surface area contributed by atoms with Crippen molar-refractivity contribution < 1.29 is 9.90 Å². The molecule has 0 atom stereocenters. The van der Waals surface area contributed by atoms with E-state index < -0.39 is 5.91 Å². The van der Waals surface area contributed by atoms with Crippen LogP contribution in [0.15, 0.2) is 83.0 Å². The first-order chi connectivity index (χ1) is 14.9. The van der Waals surface area contributed by atoms with Crippen LogP contribution in [0.25, 0.3) is 10.8 Å². The topological polar surface area (TPSA) is 74.0 Å². The van der Waals surface area contributed by atoms with Crippen LogP contribution in [0.5, 0.6) is 5.75 Å². The molecule has 0 spiro atoms. The van der Waals surface area contributed by atoms with Gasteiger partial charge in [0.1, 0.15) is 5.69 Å². The van der Waals surface area contributed by atoms with Gasteiger partial charge in [-0.15, -0.1) is 5.11 Å². The predicted octanol–water partition coefficient (Wildman–Crippen LogP) is 7.48. The molecule has 0 heterocycles. The van der Waals surface area contributed by atoms with Crippen LogP contribution in [-0.2, 0) is 0 Å². The van der Waals surface area contributed by atoms with Crippen LogP contribution in [0.4, 0.5) is 17.1 Å². The van der Waals surface area contributed by atoms with Crippen molar-refractivity contribution in [3.05, 3.63) is 94.5 Å². The van der Waals surface area contributed by atoms with Gasteiger partial charge in [0.05, 0.1) is 11.3 Å². The van der Waals surface area contributed by atoms with E-state index in [9.17, 15) is 9.90 Å². The van der Waals surface area contributed by atoms with E-state index in [2.05, 4.69) is 15.5 Å². The van der Waals surface area contributed by atoms with E-state index in [0.717, 1.165) is 16.5 Å². The Morgan fingerprint density at radius 3 is 2.42 bits per heavy atom. The third kappa shape index (κ3) is 4.27. The van der Waals surface area contributed by atoms with Crippen LogP contribution in [0.2, 0.25) is 5.02 Å². The lowest BCUT2D eigenvalue weighted by Crippen LogP contribution is -2.13. The minimum atomic E-state index is -0.420. The van der Waals surface area contributed by atoms with Crippen LogP contribution in [0.3, 0.4) is 0 Å². The molecule has 0 bridgehead atoms. The maximum absolute atomic E-state index is 13.0. The number of nitrogens with one attached hydrogen (secondary N) is 1. The molecule has 0 unspecified atom stereocenters. The number of carbonyl (C=O) groups excluding carboxylic acids is 1. The first kappa shape index (κ1) is 20.6. The van der Waals surface area contributed by atoms with Gasteiger partial charge in [0, 0.05) is 16.1 Å². The van der Waals surface area contributed by atoms with Crippen molar-refractivity contribution in [2.45, 2.75) is 13.8 Å². The van der Waals surface area contributed by atoms with Gasteiger partial charge >= 0.3 is 0 Å². The number of hydrogen-bond acceptors (Lipinski definition) is 4. The van der Waals surface area contributed by atoms with E-state index in [-0.39, 0.29) is 17.0 Å². The number of phenols is 1. The number of amides is 1. The molecule has 0 saturated heterocycles. The molecule has 0 fully saturated rings. The molecular formula is C25H20ClN3O2. The zero-order valence-corrected chi connectivity index (χ0v) is 17.8. The average molecular weight is 430 g/mol. The Bertz CT molecular complexity index is 1330. The summed E-state index contributed by atoms with van der Waals surface area (Å²) in [7, 11) is 0. The smallest absolute Gasteiger partial charge is 0.259 e. The SMILES string of the molecule is Cc1cc(Cl)ccc1N=Nc1c(O)c(C(=O)Nc2ccccc2C)cc2ccccc12. The summed E-state index contributed by atoms with van der Waals surface area (Å²) in [4.78, 5) is 13.0. The maximum Gasteiger partial charge on any atom is 0.259 e. The Morgan fingerprint density at radius 1 is 0.903 bits per heavy atom. The summed E-state index contributed by atoms with van der Waals surface area (Å²) >= 11 is 6.01. The number of para-hydroxylation sites is 1. The standard InChI is InChI=1S/C25H20ClN3O2/c1-15-7-3-6-10-21(15)27-25(31)20-14-17-8-4-5-9-19(17)23(24(20)30)29-28-22-12-11-18(26)13-16(22)2/h3-14,30H,1-2H3,(H,27,31). The van der Waals surface area contributed by atoms with Gasteiger partial charge in [0.15, 0.2) is 5.75 Å². The second-order valence-electron chi connectivity index (χ2n) is 7.24. The minimum absolute atomic E-state index is 0.128. The quantitative estimate of drug-likeness (QED) is 0.330. The molecule has 0 radical (unpaired) electrons. The number of nitrogens with zero attached hydrogens (tertiary/aromatic N) is 2. The summed E-state index contributed by atoms with van der Waals surface area (Å²) in [6.45, 7) is 3.79. The van der Waals surface area contributed by atoms with E-state index in [1.807, 2.05) is 62.4 Å². The largest absolute Gasteiger partial charge is 0.505 e. The van der Waals surface area contributed by atoms with Crippen molar-refractivity contribution in [1.82, 2.24) is 0 Å². The highest BCUT2D eigenvalue weighted by atomic mass is 35.5. The molecule has 6 heteroatoms. The van der Waals surface area contributed by atoms with Crippen molar-refractivity contribution in [3.63, 3.8) is 0 Å². The molecule has 0 saturated carbocycles. The van der Waals surface area contributed by atoms with Gasteiger partial charge in [0.25, 0.3) is 5.91 Å². The highest BCUT2D eigenvalue weighted by Crippen LogP contribution is 2.40. The first-order valence-electron chi connectivity index (χ1n) is 9.73. The van der Waals surface area contributed by atoms with E-state index in [1.54, 1.807) is 24.3 Å². The molecule has 2 N–H and O–H groups in total. The second kappa shape index (κ2) is 8.58. The highest BCUT2D eigenvalue weighted by molar-refractivity contribution is 6.30. The lowest BCUT2D eigenvalue weighted by Gasteiger charge is -2.12. The summed E-state index contributed by atoms with van der Waals surface area (Å²) in [5.41, 5.74) is 3.46. The molecule has 4 aromatic carbocycles. The van der Waals surface area contributed by atoms with Crippen LogP contribution in [0.1, 0.15) is 21.5 Å². The molecular weight excluding hydrogens is 410 g/mol. The minimum Gasteiger partial charge on any atom is -0.505 e. The van der Waals surface area contributed by atoms with Crippen molar-refractivity contribution in [2.75, 3.05) is 5.32 Å². The molecule has 0 aliphatic rings. The second-order valence-corrected chi connectivity index (χ2v) is 7.68. The third-order valence-electron chi connectivity index (χ3n) is 5.05. The number of aromatic hydroxyl groups is 1. The Labute approximate surface area is 185 Å². The van der Waals surface area contributed by atoms with E-state index >= 15 is 0 Å². The Kier molecular flexibility index (Phi) is 5.69. The van der Waals surface area contributed by atoms with Crippen molar-refractivity contribution in [3.8, 4) is 5.75 Å². The number of fused-ring (bicyclic) bond motifs is 1. The number of carbonyl (C=O) groups is 1. The first-order valence-corrected chi connectivity index (χ1v) is 10.1. The summed E-state index contributed by atoms with van der Waals surface area (Å²) in [6.07, 6.45) is 0. The zero-order chi connectivity index (χ0) is 22.0. The molecule has 4 rings (SSSR count). The lowest BCUT2D eigenvalue weighted by atomic mass is 10.0. The van der Waals surface area contributed by atoms with Crippen molar-refractivity contribution >= 4 is 45.3 Å². The number of hydrogen-bond donors (Lipinski definition) is 2. The van der Waals surface area contributed by atoms with Crippen LogP contribution < -0.4 is 5.32 Å². The van der Waals surface area contributed by atoms with Gasteiger partial charge < -0.3 is 10.4 Å². The van der Waals surface area contributed by atoms with Gasteiger partial charge in [-0.25, -0.2) is 0 Å². The predicted molar refractivity (Wildman–Crippen MR) is 125 cm³/mol. The molecule has 4 aromatic rings. The van der Waals surface area contributed by atoms with Gasteiger partial charge in [-0.2, -0.15) is 5.11 Å². The number of rotatable bonds is 4. The number of anilines is 1. The zero-order valence-electron chi connectivity index (χ0n) is 17.1. The molecule has 0 aromatic heterocycles.